The summed E-state index contributed by atoms with van der Waals surface area (Å²) in [5.74, 6) is 0.682. The molecule has 0 amide bonds. The molecule has 1 N–H and O–H groups in total. The van der Waals surface area contributed by atoms with E-state index < -0.39 is 11.2 Å². The van der Waals surface area contributed by atoms with E-state index in [1.54, 1.807) is 22.8 Å². The number of thioether (sulfide) groups is 1. The number of imidazole rings is 1. The van der Waals surface area contributed by atoms with Gasteiger partial charge in [0.1, 0.15) is 17.6 Å². The van der Waals surface area contributed by atoms with Crippen molar-refractivity contribution in [3.8, 4) is 0 Å². The van der Waals surface area contributed by atoms with Crippen molar-refractivity contribution in [1.29, 1.82) is 0 Å². The molecule has 0 aliphatic carbocycles. The summed E-state index contributed by atoms with van der Waals surface area (Å²) < 4.78 is 9.11. The van der Waals surface area contributed by atoms with Crippen molar-refractivity contribution in [2.75, 3.05) is 6.61 Å². The van der Waals surface area contributed by atoms with Crippen LogP contribution in [0, 0.1) is 0 Å². The van der Waals surface area contributed by atoms with Crippen LogP contribution in [0.2, 0.25) is 5.02 Å². The summed E-state index contributed by atoms with van der Waals surface area (Å²) in [6.07, 6.45) is 1.65. The zero-order valence-electron chi connectivity index (χ0n) is 21.1. The predicted octanol–water partition coefficient (Wildman–Crippen LogP) is 3.46. The Morgan fingerprint density at radius 3 is 2.67 bits per heavy atom. The number of H-pyrrole nitrogens is 1. The number of nitrogens with one attached hydrogen (secondary N) is 1. The van der Waals surface area contributed by atoms with Gasteiger partial charge in [-0.25, -0.2) is 14.8 Å². The van der Waals surface area contributed by atoms with Crippen LogP contribution in [0.4, 0.5) is 0 Å². The molecule has 12 heteroatoms. The van der Waals surface area contributed by atoms with E-state index in [1.807, 2.05) is 31.2 Å². The van der Waals surface area contributed by atoms with Gasteiger partial charge in [0.25, 0.3) is 10.8 Å². The molecule has 0 saturated carbocycles. The Kier molecular flexibility index (Phi) is 8.01. The molecule has 0 aliphatic rings. The van der Waals surface area contributed by atoms with Crippen LogP contribution >= 0.6 is 23.4 Å². The number of aldehydes is 1. The van der Waals surface area contributed by atoms with Crippen molar-refractivity contribution >= 4 is 51.9 Å². The zero-order chi connectivity index (χ0) is 27.5. The molecule has 2 aromatic carbocycles. The van der Waals surface area contributed by atoms with Crippen molar-refractivity contribution in [3.05, 3.63) is 85.3 Å². The fourth-order valence-electron chi connectivity index (χ4n) is 4.57. The summed E-state index contributed by atoms with van der Waals surface area (Å²) in [6.45, 7) is 2.29. The van der Waals surface area contributed by atoms with Gasteiger partial charge in [0, 0.05) is 18.0 Å². The molecule has 202 valence electrons. The Balaban J connectivity index is 1.44. The largest absolute Gasteiger partial charge is 0.854 e. The van der Waals surface area contributed by atoms with Crippen LogP contribution in [0.3, 0.4) is 0 Å². The highest BCUT2D eigenvalue weighted by Gasteiger charge is 2.19. The van der Waals surface area contributed by atoms with Gasteiger partial charge in [-0.05, 0) is 54.7 Å². The molecular weight excluding hydrogens is 542 g/mol. The zero-order valence-corrected chi connectivity index (χ0v) is 22.6. The molecule has 0 saturated heterocycles. The number of aryl methyl sites for hydroxylation is 1. The minimum absolute atomic E-state index is 0.223. The molecule has 10 nitrogen and oxygen atoms in total. The molecule has 5 aromatic rings. The van der Waals surface area contributed by atoms with Crippen LogP contribution in [0.25, 0.3) is 22.3 Å². The number of rotatable bonds is 11. The van der Waals surface area contributed by atoms with Crippen molar-refractivity contribution in [2.24, 2.45) is 0 Å². The number of benzene rings is 2. The molecule has 0 fully saturated rings. The molecule has 0 bridgehead atoms. The first kappa shape index (κ1) is 26.9. The van der Waals surface area contributed by atoms with E-state index in [-0.39, 0.29) is 19.1 Å². The summed E-state index contributed by atoms with van der Waals surface area (Å²) in [4.78, 5) is 47.9. The third-order valence-electron chi connectivity index (χ3n) is 6.56. The highest BCUT2D eigenvalue weighted by Crippen LogP contribution is 2.30. The number of aromatic nitrogens is 5. The second kappa shape index (κ2) is 11.6. The van der Waals surface area contributed by atoms with Gasteiger partial charge in [-0.15, -0.1) is 6.61 Å². The molecule has 0 radical (unpaired) electrons. The maximum absolute atomic E-state index is 12.8. The molecule has 3 aromatic heterocycles. The summed E-state index contributed by atoms with van der Waals surface area (Å²) in [5.41, 5.74) is 2.46. The lowest BCUT2D eigenvalue weighted by Crippen LogP contribution is -2.31. The van der Waals surface area contributed by atoms with Crippen molar-refractivity contribution < 1.29 is 14.3 Å². The lowest BCUT2D eigenvalue weighted by Gasteiger charge is -2.19. The molecule has 0 aliphatic heterocycles. The minimum atomic E-state index is -0.540. The van der Waals surface area contributed by atoms with Crippen molar-refractivity contribution in [2.45, 2.75) is 49.7 Å². The van der Waals surface area contributed by atoms with Crippen LogP contribution < -0.4 is 16.4 Å². The Morgan fingerprint density at radius 1 is 1.15 bits per heavy atom. The first-order chi connectivity index (χ1) is 18.9. The van der Waals surface area contributed by atoms with Crippen LogP contribution in [-0.4, -0.2) is 37.0 Å². The molecule has 3 heterocycles. The summed E-state index contributed by atoms with van der Waals surface area (Å²) in [6, 6.07) is 12.6. The highest BCUT2D eigenvalue weighted by molar-refractivity contribution is 7.98. The third kappa shape index (κ3) is 5.56. The molecule has 1 unspecified atom stereocenters. The van der Waals surface area contributed by atoms with Crippen LogP contribution in [0.1, 0.15) is 42.6 Å². The standard InChI is InChI=1S/C27H25ClN5O5S/c1-2-32-22(15-39-27-29-20-12-17(7-10-21(20)38-27)18(14-35)4-3-11-34)30-24-23(32)25(36)31-26(37)33(24)13-16-5-8-19(28)9-6-16/h5-12,18H,2-4,13-15H2,1H3,(H,31,36,37)/q-1. The first-order valence-electron chi connectivity index (χ1n) is 12.4. The number of hydrogen-bond acceptors (Lipinski definition) is 8. The fourth-order valence-corrected chi connectivity index (χ4v) is 5.48. The number of carbonyl (C=O) groups excluding carboxylic acids is 1. The Hall–Kier alpha value is -3.67. The molecule has 0 spiro atoms. The van der Waals surface area contributed by atoms with Crippen LogP contribution in [-0.2, 0) is 23.6 Å². The minimum Gasteiger partial charge on any atom is -0.854 e. The summed E-state index contributed by atoms with van der Waals surface area (Å²) in [7, 11) is 0. The van der Waals surface area contributed by atoms with Gasteiger partial charge < -0.3 is 18.9 Å². The van der Waals surface area contributed by atoms with Crippen LogP contribution in [0.15, 0.2) is 61.7 Å². The van der Waals surface area contributed by atoms with Gasteiger partial charge in [0.2, 0.25) is 0 Å². The molecule has 1 atom stereocenters. The number of oxazole rings is 1. The quantitative estimate of drug-likeness (QED) is 0.189. The van der Waals surface area contributed by atoms with E-state index in [9.17, 15) is 19.5 Å². The van der Waals surface area contributed by atoms with E-state index >= 15 is 0 Å². The predicted molar refractivity (Wildman–Crippen MR) is 147 cm³/mol. The normalized spacial score (nSPS) is 12.4. The van der Waals surface area contributed by atoms with Gasteiger partial charge in [-0.3, -0.25) is 14.3 Å². The summed E-state index contributed by atoms with van der Waals surface area (Å²) >= 11 is 7.31. The maximum Gasteiger partial charge on any atom is 0.330 e. The lowest BCUT2D eigenvalue weighted by molar-refractivity contribution is -0.372. The molecular formula is C27H25ClN5O5S-. The van der Waals surface area contributed by atoms with Gasteiger partial charge >= 0.3 is 5.69 Å². The Labute approximate surface area is 231 Å². The number of fused-ring (bicyclic) bond motifs is 2. The third-order valence-corrected chi connectivity index (χ3v) is 7.63. The van der Waals surface area contributed by atoms with E-state index in [0.29, 0.717) is 63.5 Å². The van der Waals surface area contributed by atoms with Gasteiger partial charge in [-0.1, -0.05) is 41.6 Å². The number of carbonyl (C=O) groups is 1. The SMILES string of the molecule is CCn1c(CSc2nc3cc(C(C[O-])CCC=O)ccc3o2)nc2c1c(=O)[nH]c(=O)n2Cc1ccc(Cl)cc1. The Morgan fingerprint density at radius 2 is 1.95 bits per heavy atom. The van der Waals surface area contributed by atoms with Gasteiger partial charge in [0.05, 0.1) is 12.3 Å². The van der Waals surface area contributed by atoms with E-state index in [4.69, 9.17) is 21.0 Å². The lowest BCUT2D eigenvalue weighted by atomic mass is 9.95. The van der Waals surface area contributed by atoms with Crippen molar-refractivity contribution in [1.82, 2.24) is 24.1 Å². The van der Waals surface area contributed by atoms with Crippen LogP contribution in [0.5, 0.6) is 0 Å². The van der Waals surface area contributed by atoms with E-state index in [2.05, 4.69) is 9.97 Å². The first-order valence-corrected chi connectivity index (χ1v) is 13.8. The van der Waals surface area contributed by atoms with Crippen molar-refractivity contribution in [3.63, 3.8) is 0 Å². The number of hydrogen-bond donors (Lipinski definition) is 1. The van der Waals surface area contributed by atoms with Gasteiger partial charge in [0.15, 0.2) is 16.7 Å². The van der Waals surface area contributed by atoms with E-state index in [1.165, 1.54) is 16.3 Å². The monoisotopic (exact) mass is 566 g/mol. The highest BCUT2D eigenvalue weighted by atomic mass is 35.5. The fraction of sp³-hybridized carbons (Fsp3) is 0.296. The second-order valence-corrected chi connectivity index (χ2v) is 10.4. The molecule has 39 heavy (non-hydrogen) atoms. The maximum atomic E-state index is 12.8. The Bertz CT molecular complexity index is 1760. The topological polar surface area (TPSA) is 139 Å². The number of nitrogens with zero attached hydrogens (tertiary/aromatic N) is 4. The number of halogens is 1. The van der Waals surface area contributed by atoms with E-state index in [0.717, 1.165) is 17.4 Å². The second-order valence-electron chi connectivity index (χ2n) is 9.02. The molecule has 5 rings (SSSR count). The average molecular weight is 567 g/mol. The van der Waals surface area contributed by atoms with Gasteiger partial charge in [-0.2, -0.15) is 0 Å². The summed E-state index contributed by atoms with van der Waals surface area (Å²) in [5, 5.41) is 12.6. The average Bonchev–Trinajstić information content (AvgIpc) is 3.52. The number of aromatic amines is 1. The smallest absolute Gasteiger partial charge is 0.330 e.